The lowest BCUT2D eigenvalue weighted by atomic mass is 10.0. The van der Waals surface area contributed by atoms with Crippen molar-refractivity contribution in [3.8, 4) is 0 Å². The summed E-state index contributed by atoms with van der Waals surface area (Å²) in [6.45, 7) is 4.60. The molecule has 1 saturated heterocycles. The number of nitrogens with two attached hydrogens (primary N) is 1. The van der Waals surface area contributed by atoms with Gasteiger partial charge in [-0.3, -0.25) is 9.48 Å². The highest BCUT2D eigenvalue weighted by atomic mass is 32.2. The van der Waals surface area contributed by atoms with Gasteiger partial charge in [-0.15, -0.1) is 0 Å². The van der Waals surface area contributed by atoms with Crippen LogP contribution in [0.3, 0.4) is 0 Å². The van der Waals surface area contributed by atoms with E-state index >= 15 is 0 Å². The van der Waals surface area contributed by atoms with Gasteiger partial charge in [-0.05, 0) is 32.8 Å². The predicted molar refractivity (Wildman–Crippen MR) is 104 cm³/mol. The number of amides is 1. The number of rotatable bonds is 6. The molecule has 1 aliphatic heterocycles. The molecule has 0 spiro atoms. The number of hydrogen-bond acceptors (Lipinski definition) is 6. The van der Waals surface area contributed by atoms with E-state index in [4.69, 9.17) is 9.88 Å². The Balaban J connectivity index is 1.99. The molecule has 1 amide bonds. The largest absolute Gasteiger partial charge is 0.373 e. The second-order valence-corrected chi connectivity index (χ2v) is 9.16. The molecular formula is C18H23F2N5O4S. The average molecular weight is 443 g/mol. The van der Waals surface area contributed by atoms with E-state index in [1.54, 1.807) is 0 Å². The van der Waals surface area contributed by atoms with Crippen LogP contribution in [0.15, 0.2) is 23.4 Å². The number of carbonyl (C=O) groups is 1. The summed E-state index contributed by atoms with van der Waals surface area (Å²) in [5, 5.41) is 11.1. The molecule has 1 unspecified atom stereocenters. The smallest absolute Gasteiger partial charge is 0.289 e. The van der Waals surface area contributed by atoms with Crippen molar-refractivity contribution in [3.63, 3.8) is 0 Å². The number of ether oxygens (including phenoxy) is 1. The van der Waals surface area contributed by atoms with Gasteiger partial charge in [0, 0.05) is 37.0 Å². The van der Waals surface area contributed by atoms with Crippen LogP contribution in [0.1, 0.15) is 48.4 Å². The van der Waals surface area contributed by atoms with Crippen molar-refractivity contribution >= 4 is 21.6 Å². The van der Waals surface area contributed by atoms with Crippen molar-refractivity contribution in [2.75, 3.05) is 11.9 Å². The fourth-order valence-electron chi connectivity index (χ4n) is 3.48. The summed E-state index contributed by atoms with van der Waals surface area (Å²) < 4.78 is 58.0. The molecule has 2 aromatic rings. The van der Waals surface area contributed by atoms with Crippen LogP contribution in [0, 0.1) is 6.92 Å². The van der Waals surface area contributed by atoms with Gasteiger partial charge in [0.1, 0.15) is 11.4 Å². The summed E-state index contributed by atoms with van der Waals surface area (Å²) in [6.07, 6.45) is 2.69. The molecule has 1 fully saturated rings. The van der Waals surface area contributed by atoms with Crippen LogP contribution in [0.2, 0.25) is 0 Å². The molecule has 30 heavy (non-hydrogen) atoms. The number of alkyl halides is 2. The SMILES string of the molecule is Cc1c(C(C)(F)F)nn(CC2(C)CCCO2)c1C(=O)Nc1ccnc(S(N)(=O)=O)c1. The summed E-state index contributed by atoms with van der Waals surface area (Å²) in [6, 6.07) is 2.44. The highest BCUT2D eigenvalue weighted by molar-refractivity contribution is 7.89. The third kappa shape index (κ3) is 4.65. The minimum atomic E-state index is -4.08. The number of pyridine rings is 1. The third-order valence-corrected chi connectivity index (χ3v) is 5.70. The third-order valence-electron chi connectivity index (χ3n) is 4.89. The molecule has 1 aliphatic rings. The number of anilines is 1. The van der Waals surface area contributed by atoms with Crippen molar-refractivity contribution in [2.24, 2.45) is 5.14 Å². The van der Waals surface area contributed by atoms with E-state index in [-0.39, 0.29) is 23.5 Å². The highest BCUT2D eigenvalue weighted by Gasteiger charge is 2.37. The van der Waals surface area contributed by atoms with Gasteiger partial charge in [-0.1, -0.05) is 0 Å². The van der Waals surface area contributed by atoms with Crippen molar-refractivity contribution in [2.45, 2.75) is 56.7 Å². The number of primary sulfonamides is 1. The maximum absolute atomic E-state index is 14.1. The Morgan fingerprint density at radius 1 is 1.47 bits per heavy atom. The standard InChI is InChI=1S/C18H23F2N5O4S/c1-11-14(16(26)23-12-5-7-22-13(9-12)30(21,27)28)25(24-15(11)18(3,19)20)10-17(2)6-4-8-29-17/h5,7,9H,4,6,8,10H2,1-3H3,(H2,21,27,28)(H,22,23,26). The Kier molecular flexibility index (Phi) is 5.69. The lowest BCUT2D eigenvalue weighted by molar-refractivity contribution is -0.00166. The minimum Gasteiger partial charge on any atom is -0.373 e. The lowest BCUT2D eigenvalue weighted by Crippen LogP contribution is -2.32. The number of nitrogens with one attached hydrogen (secondary N) is 1. The first kappa shape index (κ1) is 22.2. The van der Waals surface area contributed by atoms with Gasteiger partial charge in [0.25, 0.3) is 21.9 Å². The number of aromatic nitrogens is 3. The van der Waals surface area contributed by atoms with Crippen LogP contribution in [0.5, 0.6) is 0 Å². The number of nitrogens with zero attached hydrogens (tertiary/aromatic N) is 3. The number of halogens is 2. The maximum Gasteiger partial charge on any atom is 0.289 e. The van der Waals surface area contributed by atoms with Crippen molar-refractivity contribution in [3.05, 3.63) is 35.3 Å². The molecule has 3 rings (SSSR count). The van der Waals surface area contributed by atoms with Gasteiger partial charge < -0.3 is 10.1 Å². The molecule has 1 atom stereocenters. The first-order valence-electron chi connectivity index (χ1n) is 9.20. The molecule has 0 radical (unpaired) electrons. The van der Waals surface area contributed by atoms with Crippen LogP contribution >= 0.6 is 0 Å². The summed E-state index contributed by atoms with van der Waals surface area (Å²) in [4.78, 5) is 16.6. The second-order valence-electron chi connectivity index (χ2n) is 7.65. The van der Waals surface area contributed by atoms with Crippen molar-refractivity contribution in [1.82, 2.24) is 14.8 Å². The topological polar surface area (TPSA) is 129 Å². The zero-order valence-electron chi connectivity index (χ0n) is 16.8. The van der Waals surface area contributed by atoms with E-state index in [2.05, 4.69) is 15.4 Å². The van der Waals surface area contributed by atoms with Gasteiger partial charge in [0.2, 0.25) is 0 Å². The Hall–Kier alpha value is -2.44. The number of hydrogen-bond donors (Lipinski definition) is 2. The lowest BCUT2D eigenvalue weighted by Gasteiger charge is -2.24. The Morgan fingerprint density at radius 3 is 2.73 bits per heavy atom. The van der Waals surface area contributed by atoms with E-state index in [1.807, 2.05) is 6.92 Å². The van der Waals surface area contributed by atoms with Gasteiger partial charge >= 0.3 is 0 Å². The average Bonchev–Trinajstić information content (AvgIpc) is 3.17. The summed E-state index contributed by atoms with van der Waals surface area (Å²) in [5.41, 5.74) is -1.07. The number of sulfonamides is 1. The molecule has 0 aliphatic carbocycles. The second kappa shape index (κ2) is 7.67. The van der Waals surface area contributed by atoms with Crippen molar-refractivity contribution < 1.29 is 26.7 Å². The molecule has 2 aromatic heterocycles. The van der Waals surface area contributed by atoms with Gasteiger partial charge in [-0.25, -0.2) is 18.5 Å². The summed E-state index contributed by atoms with van der Waals surface area (Å²) in [7, 11) is -4.08. The quantitative estimate of drug-likeness (QED) is 0.704. The molecule has 0 saturated carbocycles. The molecule has 3 N–H and O–H groups in total. The van der Waals surface area contributed by atoms with Gasteiger partial charge in [-0.2, -0.15) is 13.9 Å². The Bertz CT molecular complexity index is 1070. The van der Waals surface area contributed by atoms with E-state index < -0.39 is 38.2 Å². The molecule has 12 heteroatoms. The van der Waals surface area contributed by atoms with Crippen LogP contribution < -0.4 is 10.5 Å². The van der Waals surface area contributed by atoms with Gasteiger partial charge in [0.05, 0.1) is 12.1 Å². The summed E-state index contributed by atoms with van der Waals surface area (Å²) in [5.74, 6) is -3.97. The molecule has 0 bridgehead atoms. The Morgan fingerprint density at radius 2 is 2.17 bits per heavy atom. The zero-order valence-corrected chi connectivity index (χ0v) is 17.6. The molecule has 164 valence electrons. The molecule has 0 aromatic carbocycles. The monoisotopic (exact) mass is 443 g/mol. The van der Waals surface area contributed by atoms with E-state index in [0.29, 0.717) is 20.0 Å². The fraction of sp³-hybridized carbons (Fsp3) is 0.500. The van der Waals surface area contributed by atoms with Crippen LogP contribution in [0.4, 0.5) is 14.5 Å². The first-order chi connectivity index (χ1) is 13.8. The van der Waals surface area contributed by atoms with Gasteiger partial charge in [0.15, 0.2) is 5.03 Å². The predicted octanol–water partition coefficient (Wildman–Crippen LogP) is 2.17. The first-order valence-corrected chi connectivity index (χ1v) is 10.7. The Labute approximate surface area is 172 Å². The molecule has 3 heterocycles. The maximum atomic E-state index is 14.1. The van der Waals surface area contributed by atoms with E-state index in [0.717, 1.165) is 12.5 Å². The minimum absolute atomic E-state index is 0.0299. The molecule has 9 nitrogen and oxygen atoms in total. The van der Waals surface area contributed by atoms with E-state index in [1.165, 1.54) is 23.9 Å². The van der Waals surface area contributed by atoms with Crippen LogP contribution in [-0.2, 0) is 27.2 Å². The normalized spacial score (nSPS) is 19.8. The number of carbonyl (C=O) groups excluding carboxylic acids is 1. The fourth-order valence-corrected chi connectivity index (χ4v) is 3.98. The zero-order chi connectivity index (χ0) is 22.3. The van der Waals surface area contributed by atoms with Crippen LogP contribution in [0.25, 0.3) is 0 Å². The summed E-state index contributed by atoms with van der Waals surface area (Å²) >= 11 is 0. The van der Waals surface area contributed by atoms with E-state index in [9.17, 15) is 22.0 Å². The van der Waals surface area contributed by atoms with Crippen molar-refractivity contribution in [1.29, 1.82) is 0 Å². The molecular weight excluding hydrogens is 420 g/mol. The highest BCUT2D eigenvalue weighted by Crippen LogP contribution is 2.33. The van der Waals surface area contributed by atoms with Crippen LogP contribution in [-0.4, -0.2) is 41.3 Å².